The zero-order valence-corrected chi connectivity index (χ0v) is 16.4. The van der Waals surface area contributed by atoms with Crippen LogP contribution in [-0.2, 0) is 9.84 Å². The lowest BCUT2D eigenvalue weighted by Gasteiger charge is -2.36. The van der Waals surface area contributed by atoms with Crippen LogP contribution >= 0.6 is 0 Å². The van der Waals surface area contributed by atoms with Gasteiger partial charge in [0, 0.05) is 18.8 Å². The van der Waals surface area contributed by atoms with E-state index in [1.54, 1.807) is 23.1 Å². The summed E-state index contributed by atoms with van der Waals surface area (Å²) < 4.78 is 24.2. The van der Waals surface area contributed by atoms with Gasteiger partial charge in [0.1, 0.15) is 0 Å². The van der Waals surface area contributed by atoms with E-state index in [0.29, 0.717) is 6.54 Å². The molecule has 0 radical (unpaired) electrons. The zero-order valence-electron chi connectivity index (χ0n) is 15.5. The standard InChI is InChI=1S/C20H24N2O3S/c1-5-15-12-22(18-11-14(3)13(2)10-17(18)21-15)20(23)16-8-6-7-9-19(16)26(4,24)25/h6-11,15,21H,5,12H2,1-4H3. The van der Waals surface area contributed by atoms with Gasteiger partial charge in [0.15, 0.2) is 9.84 Å². The first-order chi connectivity index (χ1) is 12.2. The molecular formula is C20H24N2O3S. The Morgan fingerprint density at radius 3 is 2.50 bits per heavy atom. The third kappa shape index (κ3) is 3.33. The number of hydrogen-bond donors (Lipinski definition) is 1. The summed E-state index contributed by atoms with van der Waals surface area (Å²) >= 11 is 0. The first-order valence-corrected chi connectivity index (χ1v) is 10.6. The molecular weight excluding hydrogens is 348 g/mol. The summed E-state index contributed by atoms with van der Waals surface area (Å²) in [4.78, 5) is 15.1. The molecule has 1 aliphatic rings. The largest absolute Gasteiger partial charge is 0.379 e. The van der Waals surface area contributed by atoms with Gasteiger partial charge in [0.25, 0.3) is 5.91 Å². The first-order valence-electron chi connectivity index (χ1n) is 8.71. The minimum absolute atomic E-state index is 0.0713. The van der Waals surface area contributed by atoms with E-state index >= 15 is 0 Å². The third-order valence-electron chi connectivity index (χ3n) is 4.92. The number of rotatable bonds is 3. The molecule has 0 saturated heterocycles. The molecule has 2 aromatic carbocycles. The summed E-state index contributed by atoms with van der Waals surface area (Å²) in [6, 6.07) is 10.6. The Kier molecular flexibility index (Phi) is 4.80. The van der Waals surface area contributed by atoms with Gasteiger partial charge in [-0.2, -0.15) is 0 Å². The molecule has 1 amide bonds. The number of carbonyl (C=O) groups is 1. The summed E-state index contributed by atoms with van der Waals surface area (Å²) in [5.41, 5.74) is 4.17. The van der Waals surface area contributed by atoms with Crippen molar-refractivity contribution in [3.8, 4) is 0 Å². The number of sulfone groups is 1. The summed E-state index contributed by atoms with van der Waals surface area (Å²) in [7, 11) is -3.49. The maximum atomic E-state index is 13.3. The molecule has 0 fully saturated rings. The van der Waals surface area contributed by atoms with Gasteiger partial charge in [0.2, 0.25) is 0 Å². The summed E-state index contributed by atoms with van der Waals surface area (Å²) in [5.74, 6) is -0.282. The molecule has 1 N–H and O–H groups in total. The van der Waals surface area contributed by atoms with Crippen molar-refractivity contribution in [2.75, 3.05) is 23.0 Å². The average Bonchev–Trinajstić information content (AvgIpc) is 2.60. The Morgan fingerprint density at radius 1 is 1.19 bits per heavy atom. The van der Waals surface area contributed by atoms with E-state index in [-0.39, 0.29) is 22.4 Å². The molecule has 1 heterocycles. The molecule has 0 bridgehead atoms. The Hall–Kier alpha value is -2.34. The van der Waals surface area contributed by atoms with Gasteiger partial charge >= 0.3 is 0 Å². The second kappa shape index (κ2) is 6.76. The van der Waals surface area contributed by atoms with Crippen LogP contribution < -0.4 is 10.2 Å². The van der Waals surface area contributed by atoms with Crippen LogP contribution in [0.15, 0.2) is 41.3 Å². The van der Waals surface area contributed by atoms with E-state index in [4.69, 9.17) is 0 Å². The van der Waals surface area contributed by atoms with Crippen LogP contribution in [0.1, 0.15) is 34.8 Å². The Bertz CT molecular complexity index is 967. The van der Waals surface area contributed by atoms with Crippen molar-refractivity contribution in [3.63, 3.8) is 0 Å². The van der Waals surface area contributed by atoms with Crippen molar-refractivity contribution in [3.05, 3.63) is 53.1 Å². The summed E-state index contributed by atoms with van der Waals surface area (Å²) in [5, 5.41) is 3.48. The topological polar surface area (TPSA) is 66.5 Å². The maximum absolute atomic E-state index is 13.3. The molecule has 0 aromatic heterocycles. The van der Waals surface area contributed by atoms with Crippen LogP contribution in [-0.4, -0.2) is 33.2 Å². The second-order valence-electron chi connectivity index (χ2n) is 6.89. The van der Waals surface area contributed by atoms with Crippen molar-refractivity contribution in [2.24, 2.45) is 0 Å². The number of aryl methyl sites for hydroxylation is 2. The third-order valence-corrected chi connectivity index (χ3v) is 6.08. The lowest BCUT2D eigenvalue weighted by molar-refractivity contribution is 0.0981. The predicted molar refractivity (Wildman–Crippen MR) is 105 cm³/mol. The van der Waals surface area contributed by atoms with E-state index in [2.05, 4.69) is 18.3 Å². The highest BCUT2D eigenvalue weighted by Gasteiger charge is 2.30. The fourth-order valence-electron chi connectivity index (χ4n) is 3.26. The lowest BCUT2D eigenvalue weighted by Crippen LogP contribution is -2.45. The smallest absolute Gasteiger partial charge is 0.259 e. The molecule has 0 saturated carbocycles. The van der Waals surface area contributed by atoms with Gasteiger partial charge in [-0.1, -0.05) is 19.1 Å². The molecule has 5 nitrogen and oxygen atoms in total. The van der Waals surface area contributed by atoms with Gasteiger partial charge in [-0.05, 0) is 55.7 Å². The Morgan fingerprint density at radius 2 is 1.85 bits per heavy atom. The number of carbonyl (C=O) groups excluding carboxylic acids is 1. The van der Waals surface area contributed by atoms with Crippen molar-refractivity contribution in [1.82, 2.24) is 0 Å². The van der Waals surface area contributed by atoms with E-state index in [9.17, 15) is 13.2 Å². The number of amides is 1. The lowest BCUT2D eigenvalue weighted by atomic mass is 10.0. The maximum Gasteiger partial charge on any atom is 0.259 e. The predicted octanol–water partition coefficient (Wildman–Crippen LogP) is 3.56. The highest BCUT2D eigenvalue weighted by molar-refractivity contribution is 7.90. The second-order valence-corrected chi connectivity index (χ2v) is 8.87. The number of fused-ring (bicyclic) bond motifs is 1. The molecule has 1 atom stereocenters. The van der Waals surface area contributed by atoms with Gasteiger partial charge in [-0.3, -0.25) is 4.79 Å². The molecule has 6 heteroatoms. The normalized spacial score (nSPS) is 16.8. The zero-order chi connectivity index (χ0) is 19.1. The highest BCUT2D eigenvalue weighted by Crippen LogP contribution is 2.35. The van der Waals surface area contributed by atoms with Crippen molar-refractivity contribution in [1.29, 1.82) is 0 Å². The number of nitrogens with zero attached hydrogens (tertiary/aromatic N) is 1. The summed E-state index contributed by atoms with van der Waals surface area (Å²) in [6.07, 6.45) is 2.00. The Balaban J connectivity index is 2.13. The molecule has 26 heavy (non-hydrogen) atoms. The SMILES string of the molecule is CCC1CN(C(=O)c2ccccc2S(C)(=O)=O)c2cc(C)c(C)cc2N1. The molecule has 138 valence electrons. The molecule has 2 aromatic rings. The molecule has 0 spiro atoms. The highest BCUT2D eigenvalue weighted by atomic mass is 32.2. The van der Waals surface area contributed by atoms with E-state index in [1.807, 2.05) is 19.9 Å². The quantitative estimate of drug-likeness (QED) is 0.895. The molecule has 0 aliphatic carbocycles. The number of nitrogens with one attached hydrogen (secondary N) is 1. The monoisotopic (exact) mass is 372 g/mol. The number of hydrogen-bond acceptors (Lipinski definition) is 4. The van der Waals surface area contributed by atoms with Crippen molar-refractivity contribution < 1.29 is 13.2 Å². The van der Waals surface area contributed by atoms with Crippen molar-refractivity contribution in [2.45, 2.75) is 38.1 Å². The van der Waals surface area contributed by atoms with E-state index < -0.39 is 9.84 Å². The van der Waals surface area contributed by atoms with Crippen LogP contribution in [0.3, 0.4) is 0 Å². The number of benzene rings is 2. The van der Waals surface area contributed by atoms with Crippen LogP contribution in [0.2, 0.25) is 0 Å². The van der Waals surface area contributed by atoms with E-state index in [0.717, 1.165) is 35.2 Å². The van der Waals surface area contributed by atoms with Crippen molar-refractivity contribution >= 4 is 27.1 Å². The van der Waals surface area contributed by atoms with Gasteiger partial charge in [-0.15, -0.1) is 0 Å². The summed E-state index contributed by atoms with van der Waals surface area (Å²) in [6.45, 7) is 6.62. The minimum Gasteiger partial charge on any atom is -0.379 e. The van der Waals surface area contributed by atoms with Crippen LogP contribution in [0.5, 0.6) is 0 Å². The molecule has 1 aliphatic heterocycles. The van der Waals surface area contributed by atoms with Gasteiger partial charge in [-0.25, -0.2) is 8.42 Å². The molecule has 3 rings (SSSR count). The van der Waals surface area contributed by atoms with Crippen LogP contribution in [0.25, 0.3) is 0 Å². The van der Waals surface area contributed by atoms with Crippen LogP contribution in [0.4, 0.5) is 11.4 Å². The first kappa shape index (κ1) is 18.5. The van der Waals surface area contributed by atoms with Gasteiger partial charge < -0.3 is 10.2 Å². The average molecular weight is 372 g/mol. The fourth-order valence-corrected chi connectivity index (χ4v) is 4.14. The number of anilines is 2. The molecule has 1 unspecified atom stereocenters. The Labute approximate surface area is 154 Å². The fraction of sp³-hybridized carbons (Fsp3) is 0.350. The minimum atomic E-state index is -3.49. The van der Waals surface area contributed by atoms with E-state index in [1.165, 1.54) is 6.07 Å². The van der Waals surface area contributed by atoms with Crippen LogP contribution in [0, 0.1) is 13.8 Å². The van der Waals surface area contributed by atoms with Gasteiger partial charge in [0.05, 0.1) is 21.8 Å².